The summed E-state index contributed by atoms with van der Waals surface area (Å²) < 4.78 is 0. The molecule has 1 aliphatic carbocycles. The molecule has 0 aromatic rings. The van der Waals surface area contributed by atoms with Crippen molar-refractivity contribution in [3.63, 3.8) is 0 Å². The Bertz CT molecular complexity index is 417. The number of unbranched alkanes of at least 4 members (excludes halogenated alkanes) is 2. The number of aliphatic hydroxyl groups excluding tert-OH is 3. The smallest absolute Gasteiger partial charge is 0.134 e. The molecular formula is C18H26O3. The van der Waals surface area contributed by atoms with Crippen molar-refractivity contribution in [2.75, 3.05) is 0 Å². The Labute approximate surface area is 128 Å². The summed E-state index contributed by atoms with van der Waals surface area (Å²) in [5, 5.41) is 28.7. The first-order chi connectivity index (χ1) is 10.1. The fourth-order valence-corrected chi connectivity index (χ4v) is 2.07. The maximum absolute atomic E-state index is 9.81. The molecule has 21 heavy (non-hydrogen) atoms. The van der Waals surface area contributed by atoms with Crippen LogP contribution in [0.25, 0.3) is 0 Å². The molecule has 0 aromatic carbocycles. The van der Waals surface area contributed by atoms with Crippen molar-refractivity contribution in [3.8, 4) is 23.7 Å². The Morgan fingerprint density at radius 3 is 2.48 bits per heavy atom. The number of aliphatic hydroxyl groups is 3. The van der Waals surface area contributed by atoms with Gasteiger partial charge in [-0.1, -0.05) is 63.0 Å². The van der Waals surface area contributed by atoms with Gasteiger partial charge >= 0.3 is 0 Å². The van der Waals surface area contributed by atoms with Crippen LogP contribution in [-0.2, 0) is 0 Å². The fraction of sp³-hybridized carbons (Fsp3) is 0.667. The second kappa shape index (κ2) is 10.5. The van der Waals surface area contributed by atoms with E-state index in [2.05, 4.69) is 30.3 Å². The Balaban J connectivity index is 2.08. The summed E-state index contributed by atoms with van der Waals surface area (Å²) >= 11 is 0. The van der Waals surface area contributed by atoms with E-state index in [1.807, 2.05) is 0 Å². The van der Waals surface area contributed by atoms with Crippen LogP contribution in [0, 0.1) is 29.6 Å². The zero-order valence-electron chi connectivity index (χ0n) is 12.6. The molecule has 3 N–H and O–H groups in total. The second-order valence-electron chi connectivity index (χ2n) is 5.67. The SMILES string of the molecule is C=C[C@H](O)C#CC#CC[C@@H](O)[C@H](O)CCCCCC1CC1. The molecule has 3 heteroatoms. The van der Waals surface area contributed by atoms with Crippen molar-refractivity contribution in [1.82, 2.24) is 0 Å². The van der Waals surface area contributed by atoms with Gasteiger partial charge in [0.15, 0.2) is 0 Å². The third kappa shape index (κ3) is 9.32. The van der Waals surface area contributed by atoms with Gasteiger partial charge in [0, 0.05) is 6.42 Å². The molecular weight excluding hydrogens is 264 g/mol. The van der Waals surface area contributed by atoms with Gasteiger partial charge in [-0.2, -0.15) is 0 Å². The molecule has 0 amide bonds. The van der Waals surface area contributed by atoms with Crippen molar-refractivity contribution >= 4 is 0 Å². The lowest BCUT2D eigenvalue weighted by atomic mass is 10.0. The Kier molecular flexibility index (Phi) is 8.87. The quantitative estimate of drug-likeness (QED) is 0.346. The standard InChI is InChI=1S/C18H26O3/c1-2-16(19)10-6-4-8-12-18(21)17(20)11-7-3-5-9-15-13-14-15/h2,15-21H,1,3,5,7,9,11-14H2/t16-,17+,18+/m0/s1. The van der Waals surface area contributed by atoms with E-state index in [4.69, 9.17) is 5.11 Å². The first-order valence-electron chi connectivity index (χ1n) is 7.78. The Hall–Kier alpha value is -1.26. The van der Waals surface area contributed by atoms with Crippen LogP contribution in [0.4, 0.5) is 0 Å². The fourth-order valence-electron chi connectivity index (χ4n) is 2.07. The molecule has 1 fully saturated rings. The van der Waals surface area contributed by atoms with E-state index in [1.54, 1.807) is 0 Å². The van der Waals surface area contributed by atoms with Gasteiger partial charge in [0.2, 0.25) is 0 Å². The van der Waals surface area contributed by atoms with Crippen molar-refractivity contribution < 1.29 is 15.3 Å². The van der Waals surface area contributed by atoms with Crippen LogP contribution in [0.15, 0.2) is 12.7 Å². The first kappa shape index (κ1) is 17.8. The van der Waals surface area contributed by atoms with E-state index in [-0.39, 0.29) is 6.42 Å². The normalized spacial score (nSPS) is 17.7. The summed E-state index contributed by atoms with van der Waals surface area (Å²) in [6, 6.07) is 0. The predicted molar refractivity (Wildman–Crippen MR) is 84.2 cm³/mol. The van der Waals surface area contributed by atoms with Gasteiger partial charge in [-0.3, -0.25) is 0 Å². The molecule has 0 bridgehead atoms. The van der Waals surface area contributed by atoms with Crippen LogP contribution in [0.5, 0.6) is 0 Å². The van der Waals surface area contributed by atoms with Gasteiger partial charge in [-0.05, 0) is 24.2 Å². The second-order valence-corrected chi connectivity index (χ2v) is 5.67. The Morgan fingerprint density at radius 1 is 1.05 bits per heavy atom. The summed E-state index contributed by atoms with van der Waals surface area (Å²) in [4.78, 5) is 0. The molecule has 0 unspecified atom stereocenters. The average Bonchev–Trinajstić information content (AvgIpc) is 3.29. The maximum Gasteiger partial charge on any atom is 0.134 e. The van der Waals surface area contributed by atoms with Gasteiger partial charge in [-0.15, -0.1) is 0 Å². The molecule has 1 saturated carbocycles. The minimum Gasteiger partial charge on any atom is -0.390 e. The molecule has 0 radical (unpaired) electrons. The van der Waals surface area contributed by atoms with Gasteiger partial charge in [0.1, 0.15) is 6.10 Å². The van der Waals surface area contributed by atoms with Crippen LogP contribution in [0.2, 0.25) is 0 Å². The third-order valence-electron chi connectivity index (χ3n) is 3.66. The van der Waals surface area contributed by atoms with Crippen LogP contribution < -0.4 is 0 Å². The molecule has 0 saturated heterocycles. The number of hydrogen-bond acceptors (Lipinski definition) is 3. The summed E-state index contributed by atoms with van der Waals surface area (Å²) in [5.74, 6) is 11.2. The lowest BCUT2D eigenvalue weighted by molar-refractivity contribution is 0.0165. The first-order valence-corrected chi connectivity index (χ1v) is 7.78. The topological polar surface area (TPSA) is 60.7 Å². The highest BCUT2D eigenvalue weighted by atomic mass is 16.3. The average molecular weight is 290 g/mol. The van der Waals surface area contributed by atoms with Crippen molar-refractivity contribution in [2.45, 2.75) is 69.7 Å². The van der Waals surface area contributed by atoms with Crippen LogP contribution in [0.1, 0.15) is 51.4 Å². The molecule has 3 atom stereocenters. The molecule has 0 heterocycles. The lowest BCUT2D eigenvalue weighted by Crippen LogP contribution is -2.25. The maximum atomic E-state index is 9.81. The molecule has 3 nitrogen and oxygen atoms in total. The summed E-state index contributed by atoms with van der Waals surface area (Å²) in [7, 11) is 0. The summed E-state index contributed by atoms with van der Waals surface area (Å²) in [6.45, 7) is 3.39. The zero-order chi connectivity index (χ0) is 15.5. The van der Waals surface area contributed by atoms with E-state index in [0.717, 1.165) is 18.8 Å². The molecule has 116 valence electrons. The monoisotopic (exact) mass is 290 g/mol. The van der Waals surface area contributed by atoms with Crippen LogP contribution >= 0.6 is 0 Å². The van der Waals surface area contributed by atoms with Gasteiger partial charge in [0.05, 0.1) is 12.2 Å². The predicted octanol–water partition coefficient (Wildman–Crippen LogP) is 2.01. The van der Waals surface area contributed by atoms with E-state index in [1.165, 1.54) is 31.8 Å². The molecule has 0 spiro atoms. The van der Waals surface area contributed by atoms with Gasteiger partial charge in [0.25, 0.3) is 0 Å². The lowest BCUT2D eigenvalue weighted by Gasteiger charge is -2.15. The van der Waals surface area contributed by atoms with E-state index in [9.17, 15) is 10.2 Å². The number of rotatable bonds is 9. The minimum atomic E-state index is -0.870. The van der Waals surface area contributed by atoms with E-state index >= 15 is 0 Å². The molecule has 1 aliphatic rings. The van der Waals surface area contributed by atoms with E-state index < -0.39 is 18.3 Å². The van der Waals surface area contributed by atoms with Crippen LogP contribution in [0.3, 0.4) is 0 Å². The minimum absolute atomic E-state index is 0.197. The molecule has 1 rings (SSSR count). The summed E-state index contributed by atoms with van der Waals surface area (Å²) in [5.41, 5.74) is 0. The zero-order valence-corrected chi connectivity index (χ0v) is 12.6. The highest BCUT2D eigenvalue weighted by molar-refractivity contribution is 5.28. The van der Waals surface area contributed by atoms with Gasteiger partial charge in [-0.25, -0.2) is 0 Å². The summed E-state index contributed by atoms with van der Waals surface area (Å²) in [6.07, 6.45) is 7.13. The van der Waals surface area contributed by atoms with Crippen LogP contribution in [-0.4, -0.2) is 33.6 Å². The van der Waals surface area contributed by atoms with Gasteiger partial charge < -0.3 is 15.3 Å². The highest BCUT2D eigenvalue weighted by Crippen LogP contribution is 2.34. The Morgan fingerprint density at radius 2 is 1.81 bits per heavy atom. The third-order valence-corrected chi connectivity index (χ3v) is 3.66. The molecule has 0 aromatic heterocycles. The largest absolute Gasteiger partial charge is 0.390 e. The number of hydrogen-bond donors (Lipinski definition) is 3. The highest BCUT2D eigenvalue weighted by Gasteiger charge is 2.20. The van der Waals surface area contributed by atoms with Crippen molar-refractivity contribution in [1.29, 1.82) is 0 Å². The van der Waals surface area contributed by atoms with Crippen molar-refractivity contribution in [2.24, 2.45) is 5.92 Å². The van der Waals surface area contributed by atoms with E-state index in [0.29, 0.717) is 6.42 Å². The van der Waals surface area contributed by atoms with Crippen molar-refractivity contribution in [3.05, 3.63) is 12.7 Å². The molecule has 0 aliphatic heterocycles.